The molecule has 27 heavy (non-hydrogen) atoms. The Labute approximate surface area is 158 Å². The van der Waals surface area contributed by atoms with Crippen molar-refractivity contribution in [2.75, 3.05) is 11.9 Å². The van der Waals surface area contributed by atoms with Gasteiger partial charge < -0.3 is 10.1 Å². The first-order valence-electron chi connectivity index (χ1n) is 8.50. The first-order chi connectivity index (χ1) is 12.8. The van der Waals surface area contributed by atoms with Crippen LogP contribution < -0.4 is 10.0 Å². The lowest BCUT2D eigenvalue weighted by molar-refractivity contribution is -0.123. The first-order valence-corrected chi connectivity index (χ1v) is 9.98. The third kappa shape index (κ3) is 5.90. The molecule has 0 aromatic heterocycles. The number of benzene rings is 2. The van der Waals surface area contributed by atoms with Crippen molar-refractivity contribution in [1.29, 1.82) is 0 Å². The maximum absolute atomic E-state index is 12.3. The number of rotatable bonds is 8. The van der Waals surface area contributed by atoms with Gasteiger partial charge in [0.05, 0.1) is 10.5 Å². The van der Waals surface area contributed by atoms with Crippen molar-refractivity contribution in [1.82, 2.24) is 4.72 Å². The summed E-state index contributed by atoms with van der Waals surface area (Å²) in [5, 5.41) is 2.64. The normalized spacial score (nSPS) is 12.2. The molecule has 0 spiro atoms. The van der Waals surface area contributed by atoms with E-state index in [-0.39, 0.29) is 10.5 Å². The topological polar surface area (TPSA) is 102 Å². The molecule has 2 N–H and O–H groups in total. The third-order valence-corrected chi connectivity index (χ3v) is 5.08. The Bertz CT molecular complexity index is 897. The van der Waals surface area contributed by atoms with Crippen molar-refractivity contribution in [3.05, 3.63) is 60.2 Å². The van der Waals surface area contributed by atoms with E-state index in [1.54, 1.807) is 24.3 Å². The van der Waals surface area contributed by atoms with Gasteiger partial charge >= 0.3 is 5.97 Å². The summed E-state index contributed by atoms with van der Waals surface area (Å²) in [6.07, 6.45) is -0.397. The van der Waals surface area contributed by atoms with Gasteiger partial charge in [0.2, 0.25) is 10.0 Å². The van der Waals surface area contributed by atoms with Gasteiger partial charge in [-0.05, 0) is 43.7 Å². The molecule has 0 bridgehead atoms. The molecule has 8 heteroatoms. The van der Waals surface area contributed by atoms with Crippen LogP contribution in [0.2, 0.25) is 0 Å². The van der Waals surface area contributed by atoms with Crippen LogP contribution >= 0.6 is 0 Å². The lowest BCUT2D eigenvalue weighted by Crippen LogP contribution is -2.30. The Kier molecular flexibility index (Phi) is 7.09. The minimum absolute atomic E-state index is 0.0354. The molecule has 0 saturated heterocycles. The van der Waals surface area contributed by atoms with Crippen molar-refractivity contribution in [3.8, 4) is 0 Å². The Hall–Kier alpha value is -2.71. The fourth-order valence-corrected chi connectivity index (χ4v) is 3.34. The quantitative estimate of drug-likeness (QED) is 0.675. The maximum Gasteiger partial charge on any atom is 0.338 e. The van der Waals surface area contributed by atoms with Gasteiger partial charge in [-0.2, -0.15) is 0 Å². The molecule has 0 aliphatic carbocycles. The predicted octanol–water partition coefficient (Wildman–Crippen LogP) is 2.56. The number of sulfonamides is 1. The average Bonchev–Trinajstić information content (AvgIpc) is 2.67. The highest BCUT2D eigenvalue weighted by molar-refractivity contribution is 7.89. The number of carbonyl (C=O) groups is 2. The van der Waals surface area contributed by atoms with Gasteiger partial charge in [-0.1, -0.05) is 31.2 Å². The van der Waals surface area contributed by atoms with E-state index < -0.39 is 28.0 Å². The minimum atomic E-state index is -3.70. The van der Waals surface area contributed by atoms with E-state index in [0.29, 0.717) is 18.7 Å². The summed E-state index contributed by atoms with van der Waals surface area (Å²) in [6, 6.07) is 14.3. The number of hydrogen-bond donors (Lipinski definition) is 2. The molecule has 1 atom stereocenters. The summed E-state index contributed by atoms with van der Waals surface area (Å²) in [5.41, 5.74) is 0.634. The molecule has 1 amide bonds. The summed E-state index contributed by atoms with van der Waals surface area (Å²) in [7, 11) is -3.70. The number of nitrogens with one attached hydrogen (secondary N) is 2. The van der Waals surface area contributed by atoms with Gasteiger partial charge in [0, 0.05) is 12.2 Å². The van der Waals surface area contributed by atoms with Crippen LogP contribution in [0.1, 0.15) is 30.6 Å². The molecule has 0 aliphatic heterocycles. The van der Waals surface area contributed by atoms with Gasteiger partial charge in [-0.25, -0.2) is 17.9 Å². The van der Waals surface area contributed by atoms with E-state index in [4.69, 9.17) is 4.74 Å². The monoisotopic (exact) mass is 390 g/mol. The van der Waals surface area contributed by atoms with Crippen LogP contribution in [0.4, 0.5) is 5.69 Å². The SMILES string of the molecule is CCCNS(=O)(=O)c1cccc(C(=O)O[C@H](C)C(=O)Nc2ccccc2)c1. The van der Waals surface area contributed by atoms with Gasteiger partial charge in [-0.15, -0.1) is 0 Å². The molecule has 0 heterocycles. The van der Waals surface area contributed by atoms with Gasteiger partial charge in [0.25, 0.3) is 5.91 Å². The number of anilines is 1. The number of carbonyl (C=O) groups excluding carboxylic acids is 2. The molecule has 2 aromatic carbocycles. The molecule has 7 nitrogen and oxygen atoms in total. The molecule has 0 saturated carbocycles. The third-order valence-electron chi connectivity index (χ3n) is 3.62. The lowest BCUT2D eigenvalue weighted by Gasteiger charge is -2.14. The van der Waals surface area contributed by atoms with Crippen LogP contribution in [0.3, 0.4) is 0 Å². The molecule has 0 radical (unpaired) electrons. The average molecular weight is 390 g/mol. The van der Waals surface area contributed by atoms with Gasteiger partial charge in [0.1, 0.15) is 0 Å². The summed E-state index contributed by atoms with van der Waals surface area (Å²) in [6.45, 7) is 3.59. The molecular formula is C19H22N2O5S. The summed E-state index contributed by atoms with van der Waals surface area (Å²) in [5.74, 6) is -1.26. The van der Waals surface area contributed by atoms with E-state index in [2.05, 4.69) is 10.0 Å². The number of ether oxygens (including phenoxy) is 1. The molecule has 2 rings (SSSR count). The van der Waals surface area contributed by atoms with E-state index in [9.17, 15) is 18.0 Å². The second kappa shape index (κ2) is 9.29. The second-order valence-corrected chi connectivity index (χ2v) is 7.60. The number of para-hydroxylation sites is 1. The van der Waals surface area contributed by atoms with E-state index >= 15 is 0 Å². The fourth-order valence-electron chi connectivity index (χ4n) is 2.16. The zero-order chi connectivity index (χ0) is 19.9. The largest absolute Gasteiger partial charge is 0.449 e. The van der Waals surface area contributed by atoms with Crippen molar-refractivity contribution in [2.45, 2.75) is 31.3 Å². The number of amides is 1. The van der Waals surface area contributed by atoms with Gasteiger partial charge in [0.15, 0.2) is 6.10 Å². The Morgan fingerprint density at radius 1 is 1.07 bits per heavy atom. The van der Waals surface area contributed by atoms with Crippen LogP contribution in [0, 0.1) is 0 Å². The highest BCUT2D eigenvalue weighted by atomic mass is 32.2. The number of esters is 1. The summed E-state index contributed by atoms with van der Waals surface area (Å²) >= 11 is 0. The predicted molar refractivity (Wildman–Crippen MR) is 102 cm³/mol. The molecule has 2 aromatic rings. The Balaban J connectivity index is 2.05. The van der Waals surface area contributed by atoms with Crippen molar-refractivity contribution in [3.63, 3.8) is 0 Å². The Morgan fingerprint density at radius 3 is 2.44 bits per heavy atom. The van der Waals surface area contributed by atoms with Crippen LogP contribution in [0.5, 0.6) is 0 Å². The second-order valence-electron chi connectivity index (χ2n) is 5.83. The van der Waals surface area contributed by atoms with E-state index in [1.807, 2.05) is 13.0 Å². The fraction of sp³-hybridized carbons (Fsp3) is 0.263. The van der Waals surface area contributed by atoms with Crippen LogP contribution in [-0.4, -0.2) is 32.9 Å². The number of hydrogen-bond acceptors (Lipinski definition) is 5. The Morgan fingerprint density at radius 2 is 1.78 bits per heavy atom. The molecule has 0 aliphatic rings. The summed E-state index contributed by atoms with van der Waals surface area (Å²) < 4.78 is 31.9. The van der Waals surface area contributed by atoms with Crippen molar-refractivity contribution < 1.29 is 22.7 Å². The van der Waals surface area contributed by atoms with Crippen LogP contribution in [-0.2, 0) is 19.6 Å². The highest BCUT2D eigenvalue weighted by Gasteiger charge is 2.21. The molecule has 0 fully saturated rings. The standard InChI is InChI=1S/C19H22N2O5S/c1-3-12-20-27(24,25)17-11-7-8-15(13-17)19(23)26-14(2)18(22)21-16-9-5-4-6-10-16/h4-11,13-14,20H,3,12H2,1-2H3,(H,21,22)/t14-/m1/s1. The smallest absolute Gasteiger partial charge is 0.338 e. The maximum atomic E-state index is 12.3. The molecular weight excluding hydrogens is 368 g/mol. The van der Waals surface area contributed by atoms with E-state index in [1.165, 1.54) is 31.2 Å². The van der Waals surface area contributed by atoms with Crippen molar-refractivity contribution >= 4 is 27.6 Å². The van der Waals surface area contributed by atoms with Gasteiger partial charge in [-0.3, -0.25) is 4.79 Å². The summed E-state index contributed by atoms with van der Waals surface area (Å²) in [4.78, 5) is 24.4. The lowest BCUT2D eigenvalue weighted by atomic mass is 10.2. The molecule has 144 valence electrons. The van der Waals surface area contributed by atoms with E-state index in [0.717, 1.165) is 0 Å². The van der Waals surface area contributed by atoms with Crippen LogP contribution in [0.15, 0.2) is 59.5 Å². The highest BCUT2D eigenvalue weighted by Crippen LogP contribution is 2.14. The zero-order valence-electron chi connectivity index (χ0n) is 15.1. The minimum Gasteiger partial charge on any atom is -0.449 e. The molecule has 0 unspecified atom stereocenters. The van der Waals surface area contributed by atoms with Crippen molar-refractivity contribution in [2.24, 2.45) is 0 Å². The first kappa shape index (κ1) is 20.6. The van der Waals surface area contributed by atoms with Crippen LogP contribution in [0.25, 0.3) is 0 Å². The zero-order valence-corrected chi connectivity index (χ0v) is 16.0.